The highest BCUT2D eigenvalue weighted by molar-refractivity contribution is 7.55. The van der Waals surface area contributed by atoms with Gasteiger partial charge in [-0.15, -0.1) is 6.82 Å². The highest BCUT2D eigenvalue weighted by atomic mass is 31.1. The smallest absolute Gasteiger partial charge is 0.152 e. The van der Waals surface area contributed by atoms with Gasteiger partial charge in [-0.25, -0.2) is 0 Å². The molecule has 160 valence electrons. The molecule has 29 heavy (non-hydrogen) atoms. The molecule has 2 rings (SSSR count). The fraction of sp³-hybridized carbons (Fsp3) is 0.480. The Morgan fingerprint density at radius 3 is 1.03 bits per heavy atom. The predicted octanol–water partition coefficient (Wildman–Crippen LogP) is 3.84. The summed E-state index contributed by atoms with van der Waals surface area (Å²) in [4.78, 5) is 4.56. The van der Waals surface area contributed by atoms with E-state index in [0.717, 1.165) is 34.3 Å². The molecule has 0 bridgehead atoms. The van der Waals surface area contributed by atoms with Gasteiger partial charge in [-0.2, -0.15) is 0 Å². The first-order valence-electron chi connectivity index (χ1n) is 10.3. The third kappa shape index (κ3) is 6.19. The molecule has 0 fully saturated rings. The normalized spacial score (nSPS) is 10.4. The second-order valence-electron chi connectivity index (χ2n) is 7.61. The molecule has 0 spiro atoms. The molecule has 2 aromatic carbocycles. The molecule has 0 aliphatic heterocycles. The molecule has 0 aliphatic rings. The SMILES string of the molecule is CCc1cc(Pc2cc(CC)c(N(C)C)c(CC)c2)cc(CC)c1N(C)C.[BH3-][CH2+]. The third-order valence-corrected chi connectivity index (χ3v) is 6.40. The molecule has 0 atom stereocenters. The molecule has 0 amide bonds. The molecule has 2 nitrogen and oxygen atoms in total. The summed E-state index contributed by atoms with van der Waals surface area (Å²) < 4.78 is 0. The Hall–Kier alpha value is -1.60. The molecule has 0 radical (unpaired) electrons. The van der Waals surface area contributed by atoms with Crippen molar-refractivity contribution in [2.24, 2.45) is 0 Å². The highest BCUT2D eigenvalue weighted by Gasteiger charge is 2.14. The third-order valence-electron chi connectivity index (χ3n) is 5.24. The van der Waals surface area contributed by atoms with Crippen molar-refractivity contribution in [2.45, 2.75) is 53.4 Å². The Kier molecular flexibility index (Phi) is 10.7. The van der Waals surface area contributed by atoms with E-state index < -0.39 is 0 Å². The zero-order chi connectivity index (χ0) is 22.1. The summed E-state index contributed by atoms with van der Waals surface area (Å²) >= 11 is 0. The Labute approximate surface area is 183 Å². The summed E-state index contributed by atoms with van der Waals surface area (Å²) in [5.41, 5.74) is 8.72. The zero-order valence-electron chi connectivity index (χ0n) is 19.2. The van der Waals surface area contributed by atoms with Gasteiger partial charge in [0.05, 0.1) is 0 Å². The largest absolute Gasteiger partial charge is 0.377 e. The monoisotopic (exact) mass is 412 g/mol. The van der Waals surface area contributed by atoms with E-state index in [-0.39, 0.29) is 0 Å². The lowest BCUT2D eigenvalue weighted by molar-refractivity contribution is 1.02. The van der Waals surface area contributed by atoms with Crippen LogP contribution in [0.25, 0.3) is 0 Å². The van der Waals surface area contributed by atoms with Gasteiger partial charge in [0, 0.05) is 39.6 Å². The maximum Gasteiger partial charge on any atom is 0.152 e. The van der Waals surface area contributed by atoms with E-state index in [1.54, 1.807) is 0 Å². The van der Waals surface area contributed by atoms with Crippen molar-refractivity contribution in [1.29, 1.82) is 0 Å². The average molecular weight is 412 g/mol. The van der Waals surface area contributed by atoms with Gasteiger partial charge in [0.15, 0.2) is 7.85 Å². The highest BCUT2D eigenvalue weighted by Crippen LogP contribution is 2.29. The number of hydrogen-bond acceptors (Lipinski definition) is 2. The number of hydrogen-bond donors (Lipinski definition) is 0. The molecule has 0 N–H and O–H groups in total. The zero-order valence-corrected chi connectivity index (χ0v) is 20.2. The molecule has 2 aromatic rings. The van der Waals surface area contributed by atoms with Gasteiger partial charge in [-0.1, -0.05) is 36.3 Å². The van der Waals surface area contributed by atoms with Gasteiger partial charge in [-0.05, 0) is 82.8 Å². The molecular weight excluding hydrogens is 370 g/mol. The Morgan fingerprint density at radius 1 is 0.621 bits per heavy atom. The van der Waals surface area contributed by atoms with Crippen molar-refractivity contribution < 1.29 is 0 Å². The average Bonchev–Trinajstić information content (AvgIpc) is 2.73. The molecule has 4 heteroatoms. The summed E-state index contributed by atoms with van der Waals surface area (Å²) in [6.07, 6.45) is 4.33. The van der Waals surface area contributed by atoms with Crippen LogP contribution in [0.4, 0.5) is 11.4 Å². The second-order valence-corrected chi connectivity index (χ2v) is 9.02. The fourth-order valence-electron chi connectivity index (χ4n) is 4.06. The first kappa shape index (κ1) is 25.4. The number of nitrogens with zero attached hydrogens (tertiary/aromatic N) is 2. The van der Waals surface area contributed by atoms with Crippen LogP contribution in [-0.4, -0.2) is 36.0 Å². The summed E-state index contributed by atoms with van der Waals surface area (Å²) in [6, 6.07) is 9.74. The molecule has 0 aliphatic carbocycles. The molecule has 0 heterocycles. The molecule has 0 saturated carbocycles. The summed E-state index contributed by atoms with van der Waals surface area (Å²) in [7, 11) is 9.87. The van der Waals surface area contributed by atoms with Crippen molar-refractivity contribution in [3.8, 4) is 0 Å². The van der Waals surface area contributed by atoms with Gasteiger partial charge in [-0.3, -0.25) is 0 Å². The van der Waals surface area contributed by atoms with Crippen LogP contribution in [0.2, 0.25) is 0 Å². The number of anilines is 2. The molecule has 0 aromatic heterocycles. The standard InChI is InChI=1S/C24H37N2P.CH5B/c1-9-17-13-21(14-18(10-2)23(17)25(5)6)27-22-15-19(11-3)24(26(7)8)20(12-4)16-22;1-2/h13-16,27H,9-12H2,1-8H3;1H2,2H3. The van der Waals surface area contributed by atoms with E-state index in [1.807, 2.05) is 0 Å². The number of aryl methyl sites for hydroxylation is 4. The van der Waals surface area contributed by atoms with Crippen molar-refractivity contribution in [3.05, 3.63) is 53.3 Å². The first-order valence-corrected chi connectivity index (χ1v) is 11.3. The van der Waals surface area contributed by atoms with E-state index in [4.69, 9.17) is 0 Å². The van der Waals surface area contributed by atoms with Crippen molar-refractivity contribution >= 4 is 38.4 Å². The van der Waals surface area contributed by atoms with Gasteiger partial charge in [0.2, 0.25) is 0 Å². The Bertz CT molecular complexity index is 669. The summed E-state index contributed by atoms with van der Waals surface area (Å²) in [5.74, 6) is 0. The Balaban J connectivity index is 0.00000204. The van der Waals surface area contributed by atoms with Crippen LogP contribution in [-0.2, 0) is 25.7 Å². The van der Waals surface area contributed by atoms with Crippen LogP contribution in [0, 0.1) is 6.82 Å². The Morgan fingerprint density at radius 2 is 0.862 bits per heavy atom. The van der Waals surface area contributed by atoms with Crippen LogP contribution in [0.1, 0.15) is 49.9 Å². The first-order chi connectivity index (χ1) is 13.9. The van der Waals surface area contributed by atoms with Crippen LogP contribution < -0.4 is 20.4 Å². The topological polar surface area (TPSA) is 6.48 Å². The van der Waals surface area contributed by atoms with Crippen molar-refractivity contribution in [3.63, 3.8) is 0 Å². The van der Waals surface area contributed by atoms with Gasteiger partial charge in [0.25, 0.3) is 0 Å². The summed E-state index contributed by atoms with van der Waals surface area (Å²) in [5, 5.41) is 2.94. The van der Waals surface area contributed by atoms with E-state index in [2.05, 4.69) is 96.8 Å². The van der Waals surface area contributed by atoms with E-state index in [0.29, 0.717) is 7.85 Å². The van der Waals surface area contributed by atoms with Crippen LogP contribution in [0.15, 0.2) is 24.3 Å². The minimum atomic E-state index is 0.500. The van der Waals surface area contributed by atoms with Gasteiger partial charge in [0.1, 0.15) is 0 Å². The minimum absolute atomic E-state index is 0.500. The molecule has 0 saturated heterocycles. The van der Waals surface area contributed by atoms with Gasteiger partial charge >= 0.3 is 0 Å². The molecule has 0 unspecified atom stereocenters. The fourth-order valence-corrected chi connectivity index (χ4v) is 5.38. The minimum Gasteiger partial charge on any atom is -0.377 e. The lowest BCUT2D eigenvalue weighted by Crippen LogP contribution is -2.18. The lowest BCUT2D eigenvalue weighted by atomic mass is 10.0. The van der Waals surface area contributed by atoms with Crippen LogP contribution in [0.3, 0.4) is 0 Å². The van der Waals surface area contributed by atoms with E-state index in [9.17, 15) is 0 Å². The maximum absolute atomic E-state index is 3.50. The quantitative estimate of drug-likeness (QED) is 0.369. The molecular formula is C25H42BN2P. The predicted molar refractivity (Wildman–Crippen MR) is 142 cm³/mol. The maximum atomic E-state index is 3.50. The number of benzene rings is 2. The van der Waals surface area contributed by atoms with E-state index in [1.165, 1.54) is 44.2 Å². The lowest BCUT2D eigenvalue weighted by Gasteiger charge is -2.24. The van der Waals surface area contributed by atoms with Gasteiger partial charge < -0.3 is 9.80 Å². The van der Waals surface area contributed by atoms with Crippen molar-refractivity contribution in [1.82, 2.24) is 0 Å². The van der Waals surface area contributed by atoms with E-state index >= 15 is 0 Å². The van der Waals surface area contributed by atoms with Crippen LogP contribution in [0.5, 0.6) is 0 Å². The second kappa shape index (κ2) is 12.2. The number of rotatable bonds is 8. The van der Waals surface area contributed by atoms with Crippen molar-refractivity contribution in [2.75, 3.05) is 38.0 Å². The van der Waals surface area contributed by atoms with Crippen LogP contribution >= 0.6 is 8.58 Å². The summed E-state index contributed by atoms with van der Waals surface area (Å²) in [6.45, 7) is 12.6.